The normalized spacial score (nSPS) is 23.4. The van der Waals surface area contributed by atoms with Crippen LogP contribution < -0.4 is 5.32 Å². The van der Waals surface area contributed by atoms with Gasteiger partial charge in [-0.15, -0.1) is 0 Å². The lowest BCUT2D eigenvalue weighted by Gasteiger charge is -2.30. The van der Waals surface area contributed by atoms with Crippen molar-refractivity contribution in [3.63, 3.8) is 0 Å². The van der Waals surface area contributed by atoms with Crippen molar-refractivity contribution in [3.05, 3.63) is 29.0 Å². The van der Waals surface area contributed by atoms with Crippen molar-refractivity contribution in [1.82, 2.24) is 10.3 Å². The summed E-state index contributed by atoms with van der Waals surface area (Å²) in [6, 6.07) is 4.11. The lowest BCUT2D eigenvalue weighted by atomic mass is 9.85. The van der Waals surface area contributed by atoms with E-state index in [1.54, 1.807) is 6.07 Å². The molecule has 1 saturated carbocycles. The Kier molecular flexibility index (Phi) is 4.52. The SMILES string of the molecule is O=C(NC1CCCC(C(F)(F)F)C1)c1cccc(Cl)n1. The first kappa shape index (κ1) is 15.1. The van der Waals surface area contributed by atoms with E-state index in [0.29, 0.717) is 12.8 Å². The summed E-state index contributed by atoms with van der Waals surface area (Å²) in [5.74, 6) is -1.82. The fraction of sp³-hybridized carbons (Fsp3) is 0.538. The average Bonchev–Trinajstić information content (AvgIpc) is 2.38. The second-order valence-corrected chi connectivity index (χ2v) is 5.31. The molecule has 3 nitrogen and oxygen atoms in total. The molecule has 2 atom stereocenters. The van der Waals surface area contributed by atoms with Gasteiger partial charge in [-0.1, -0.05) is 24.1 Å². The molecule has 0 spiro atoms. The summed E-state index contributed by atoms with van der Waals surface area (Å²) in [4.78, 5) is 15.7. The number of carbonyl (C=O) groups excluding carboxylic acids is 1. The Morgan fingerprint density at radius 2 is 2.10 bits per heavy atom. The van der Waals surface area contributed by atoms with Gasteiger partial charge in [0.1, 0.15) is 10.8 Å². The van der Waals surface area contributed by atoms with Crippen LogP contribution in [-0.2, 0) is 0 Å². The van der Waals surface area contributed by atoms with E-state index in [4.69, 9.17) is 11.6 Å². The number of aromatic nitrogens is 1. The maximum atomic E-state index is 12.7. The van der Waals surface area contributed by atoms with Gasteiger partial charge in [-0.2, -0.15) is 13.2 Å². The second kappa shape index (κ2) is 5.99. The zero-order valence-electron chi connectivity index (χ0n) is 10.6. The molecule has 1 aliphatic rings. The molecule has 110 valence electrons. The molecule has 0 aliphatic heterocycles. The number of halogens is 4. The smallest absolute Gasteiger partial charge is 0.348 e. The van der Waals surface area contributed by atoms with Crippen molar-refractivity contribution in [2.75, 3.05) is 0 Å². The molecule has 1 aromatic rings. The molecule has 2 unspecified atom stereocenters. The molecule has 1 aliphatic carbocycles. The van der Waals surface area contributed by atoms with Crippen LogP contribution in [0.15, 0.2) is 18.2 Å². The van der Waals surface area contributed by atoms with Crippen LogP contribution in [0.2, 0.25) is 5.15 Å². The number of hydrogen-bond donors (Lipinski definition) is 1. The van der Waals surface area contributed by atoms with Crippen LogP contribution in [0.1, 0.15) is 36.2 Å². The fourth-order valence-electron chi connectivity index (χ4n) is 2.41. The zero-order chi connectivity index (χ0) is 14.8. The molecule has 0 saturated heterocycles. The van der Waals surface area contributed by atoms with Gasteiger partial charge in [-0.05, 0) is 31.4 Å². The third kappa shape index (κ3) is 3.85. The van der Waals surface area contributed by atoms with Gasteiger partial charge in [0.2, 0.25) is 0 Å². The molecule has 1 aromatic heterocycles. The Morgan fingerprint density at radius 1 is 1.35 bits per heavy atom. The van der Waals surface area contributed by atoms with E-state index >= 15 is 0 Å². The third-order valence-electron chi connectivity index (χ3n) is 3.42. The summed E-state index contributed by atoms with van der Waals surface area (Å²) in [7, 11) is 0. The van der Waals surface area contributed by atoms with Crippen molar-refractivity contribution in [1.29, 1.82) is 0 Å². The maximum Gasteiger partial charge on any atom is 0.391 e. The van der Waals surface area contributed by atoms with E-state index in [1.165, 1.54) is 12.1 Å². The lowest BCUT2D eigenvalue weighted by molar-refractivity contribution is -0.183. The Bertz CT molecular complexity index is 493. The van der Waals surface area contributed by atoms with Gasteiger partial charge in [0, 0.05) is 6.04 Å². The Morgan fingerprint density at radius 3 is 2.75 bits per heavy atom. The van der Waals surface area contributed by atoms with Gasteiger partial charge in [-0.3, -0.25) is 4.79 Å². The predicted octanol–water partition coefficient (Wildman–Crippen LogP) is 3.59. The van der Waals surface area contributed by atoms with Gasteiger partial charge in [-0.25, -0.2) is 4.98 Å². The van der Waals surface area contributed by atoms with E-state index in [2.05, 4.69) is 10.3 Å². The third-order valence-corrected chi connectivity index (χ3v) is 3.63. The van der Waals surface area contributed by atoms with Crippen molar-refractivity contribution in [2.24, 2.45) is 5.92 Å². The first-order valence-corrected chi connectivity index (χ1v) is 6.74. The van der Waals surface area contributed by atoms with E-state index in [-0.39, 0.29) is 23.7 Å². The summed E-state index contributed by atoms with van der Waals surface area (Å²) < 4.78 is 38.1. The molecule has 1 heterocycles. The number of nitrogens with zero attached hydrogens (tertiary/aromatic N) is 1. The summed E-state index contributed by atoms with van der Waals surface area (Å²) >= 11 is 5.67. The number of alkyl halides is 3. The minimum absolute atomic E-state index is 0.0736. The zero-order valence-corrected chi connectivity index (χ0v) is 11.3. The molecular formula is C13H14ClF3N2O. The number of carbonyl (C=O) groups is 1. The first-order chi connectivity index (χ1) is 9.36. The predicted molar refractivity (Wildman–Crippen MR) is 68.5 cm³/mol. The van der Waals surface area contributed by atoms with E-state index in [1.807, 2.05) is 0 Å². The van der Waals surface area contributed by atoms with Crippen LogP contribution in [0.3, 0.4) is 0 Å². The Balaban J connectivity index is 1.98. The second-order valence-electron chi connectivity index (χ2n) is 4.92. The van der Waals surface area contributed by atoms with E-state index < -0.39 is 24.0 Å². The van der Waals surface area contributed by atoms with Crippen LogP contribution in [0.4, 0.5) is 13.2 Å². The fourth-order valence-corrected chi connectivity index (χ4v) is 2.58. The van der Waals surface area contributed by atoms with Crippen LogP contribution >= 0.6 is 11.6 Å². The molecule has 0 aromatic carbocycles. The van der Waals surface area contributed by atoms with Crippen molar-refractivity contribution in [2.45, 2.75) is 37.9 Å². The number of hydrogen-bond acceptors (Lipinski definition) is 2. The molecule has 1 N–H and O–H groups in total. The Labute approximate surface area is 119 Å². The summed E-state index contributed by atoms with van der Waals surface area (Å²) in [5.41, 5.74) is 0.117. The number of pyridine rings is 1. The van der Waals surface area contributed by atoms with Crippen molar-refractivity contribution >= 4 is 17.5 Å². The summed E-state index contributed by atoms with van der Waals surface area (Å²) in [5, 5.41) is 2.78. The Hall–Kier alpha value is -1.30. The molecule has 0 bridgehead atoms. The monoisotopic (exact) mass is 306 g/mol. The molecule has 1 amide bonds. The van der Waals surface area contributed by atoms with Gasteiger partial charge in [0.15, 0.2) is 0 Å². The van der Waals surface area contributed by atoms with Gasteiger partial charge in [0.05, 0.1) is 5.92 Å². The van der Waals surface area contributed by atoms with Gasteiger partial charge < -0.3 is 5.32 Å². The van der Waals surface area contributed by atoms with Crippen LogP contribution in [0.5, 0.6) is 0 Å². The summed E-state index contributed by atoms with van der Waals surface area (Å²) in [6.45, 7) is 0. The quantitative estimate of drug-likeness (QED) is 0.849. The highest BCUT2D eigenvalue weighted by molar-refractivity contribution is 6.29. The average molecular weight is 307 g/mol. The molecule has 2 rings (SSSR count). The minimum atomic E-state index is -4.20. The number of nitrogens with one attached hydrogen (secondary N) is 1. The number of amides is 1. The first-order valence-electron chi connectivity index (χ1n) is 6.36. The van der Waals surface area contributed by atoms with Gasteiger partial charge >= 0.3 is 6.18 Å². The molecular weight excluding hydrogens is 293 g/mol. The molecule has 1 fully saturated rings. The van der Waals surface area contributed by atoms with Crippen molar-refractivity contribution in [3.8, 4) is 0 Å². The standard InChI is InChI=1S/C13H14ClF3N2O/c14-11-6-2-5-10(19-11)12(20)18-9-4-1-3-8(7-9)13(15,16)17/h2,5-6,8-9H,1,3-4,7H2,(H,18,20). The van der Waals surface area contributed by atoms with Crippen LogP contribution in [-0.4, -0.2) is 23.1 Å². The molecule has 20 heavy (non-hydrogen) atoms. The highest BCUT2D eigenvalue weighted by Gasteiger charge is 2.42. The largest absolute Gasteiger partial charge is 0.391 e. The topological polar surface area (TPSA) is 42.0 Å². The molecule has 7 heteroatoms. The maximum absolute atomic E-state index is 12.7. The highest BCUT2D eigenvalue weighted by Crippen LogP contribution is 2.37. The van der Waals surface area contributed by atoms with Crippen molar-refractivity contribution < 1.29 is 18.0 Å². The van der Waals surface area contributed by atoms with E-state index in [9.17, 15) is 18.0 Å². The highest BCUT2D eigenvalue weighted by atomic mass is 35.5. The van der Waals surface area contributed by atoms with Gasteiger partial charge in [0.25, 0.3) is 5.91 Å². The van der Waals surface area contributed by atoms with Crippen LogP contribution in [0, 0.1) is 5.92 Å². The molecule has 0 radical (unpaired) electrons. The lowest BCUT2D eigenvalue weighted by Crippen LogP contribution is -2.41. The number of rotatable bonds is 2. The summed E-state index contributed by atoms with van der Waals surface area (Å²) in [6.07, 6.45) is -3.13. The van der Waals surface area contributed by atoms with Crippen LogP contribution in [0.25, 0.3) is 0 Å². The minimum Gasteiger partial charge on any atom is -0.348 e. The van der Waals surface area contributed by atoms with E-state index in [0.717, 1.165) is 0 Å².